The fraction of sp³-hybridized carbons (Fsp3) is 0.750. The molecule has 2 unspecified atom stereocenters. The number of rotatable bonds is 7. The van der Waals surface area contributed by atoms with Crippen LogP contribution in [0.1, 0.15) is 58.4 Å². The monoisotopic (exact) mass is 292 g/mol. The highest BCUT2D eigenvalue weighted by Crippen LogP contribution is 2.29. The minimum absolute atomic E-state index is 0.263. The van der Waals surface area contributed by atoms with Crippen LogP contribution in [-0.2, 0) is 4.74 Å². The van der Waals surface area contributed by atoms with Crippen molar-refractivity contribution < 1.29 is 4.74 Å². The molecule has 0 spiro atoms. The average Bonchev–Trinajstić information content (AvgIpc) is 2.99. The van der Waals surface area contributed by atoms with Crippen LogP contribution in [0.3, 0.4) is 0 Å². The van der Waals surface area contributed by atoms with Crippen molar-refractivity contribution in [2.45, 2.75) is 65.0 Å². The first-order valence-corrected chi connectivity index (χ1v) is 8.10. The number of anilines is 2. The van der Waals surface area contributed by atoms with Gasteiger partial charge in [-0.1, -0.05) is 20.8 Å². The van der Waals surface area contributed by atoms with Crippen LogP contribution in [0.2, 0.25) is 0 Å². The molecule has 0 aliphatic carbocycles. The maximum atomic E-state index is 5.76. The van der Waals surface area contributed by atoms with E-state index in [2.05, 4.69) is 48.3 Å². The Hall–Kier alpha value is -1.36. The Kier molecular flexibility index (Phi) is 5.79. The molecular formula is C16H28N4O. The minimum atomic E-state index is 0.263. The Morgan fingerprint density at radius 1 is 1.29 bits per heavy atom. The predicted octanol–water partition coefficient (Wildman–Crippen LogP) is 3.40. The maximum Gasteiger partial charge on any atom is 0.135 e. The van der Waals surface area contributed by atoms with Gasteiger partial charge in [0.25, 0.3) is 0 Å². The van der Waals surface area contributed by atoms with E-state index in [0.717, 1.165) is 49.6 Å². The van der Waals surface area contributed by atoms with Gasteiger partial charge in [0, 0.05) is 18.7 Å². The minimum Gasteiger partial charge on any atom is -0.376 e. The summed E-state index contributed by atoms with van der Waals surface area (Å²) in [5.74, 6) is 2.25. The van der Waals surface area contributed by atoms with Crippen LogP contribution >= 0.6 is 0 Å². The van der Waals surface area contributed by atoms with Crippen molar-refractivity contribution in [3.8, 4) is 0 Å². The van der Waals surface area contributed by atoms with Crippen molar-refractivity contribution in [2.24, 2.45) is 0 Å². The highest BCUT2D eigenvalue weighted by molar-refractivity contribution is 5.59. The van der Waals surface area contributed by atoms with Gasteiger partial charge in [0.15, 0.2) is 0 Å². The van der Waals surface area contributed by atoms with E-state index in [1.54, 1.807) is 6.33 Å². The van der Waals surface area contributed by atoms with E-state index in [-0.39, 0.29) is 12.1 Å². The van der Waals surface area contributed by atoms with E-state index < -0.39 is 0 Å². The van der Waals surface area contributed by atoms with Crippen LogP contribution in [0.15, 0.2) is 6.33 Å². The topological polar surface area (TPSA) is 59.1 Å². The zero-order valence-corrected chi connectivity index (χ0v) is 13.6. The summed E-state index contributed by atoms with van der Waals surface area (Å²) in [5, 5.41) is 6.94. The van der Waals surface area contributed by atoms with E-state index in [0.29, 0.717) is 5.92 Å². The smallest absolute Gasteiger partial charge is 0.135 e. The van der Waals surface area contributed by atoms with Gasteiger partial charge < -0.3 is 15.4 Å². The molecule has 1 aromatic rings. The largest absolute Gasteiger partial charge is 0.376 e. The van der Waals surface area contributed by atoms with Gasteiger partial charge in [0.05, 0.1) is 12.1 Å². The molecule has 0 amide bonds. The first-order chi connectivity index (χ1) is 10.1. The Morgan fingerprint density at radius 2 is 2.05 bits per heavy atom. The molecule has 1 saturated heterocycles. The number of hydrogen-bond acceptors (Lipinski definition) is 5. The lowest BCUT2D eigenvalue weighted by molar-refractivity contribution is 0.0995. The second-order valence-electron chi connectivity index (χ2n) is 6.05. The van der Waals surface area contributed by atoms with E-state index in [4.69, 9.17) is 4.74 Å². The van der Waals surface area contributed by atoms with Crippen LogP contribution in [0.4, 0.5) is 11.6 Å². The number of nitrogens with zero attached hydrogens (tertiary/aromatic N) is 2. The van der Waals surface area contributed by atoms with Crippen LogP contribution in [0.5, 0.6) is 0 Å². The van der Waals surface area contributed by atoms with Crippen molar-refractivity contribution in [1.82, 2.24) is 9.97 Å². The highest BCUT2D eigenvalue weighted by Gasteiger charge is 2.24. The summed E-state index contributed by atoms with van der Waals surface area (Å²) in [6, 6.07) is 0.263. The number of hydrogen-bond donors (Lipinski definition) is 2. The van der Waals surface area contributed by atoms with Gasteiger partial charge >= 0.3 is 0 Å². The molecular weight excluding hydrogens is 264 g/mol. The molecule has 1 aliphatic rings. The van der Waals surface area contributed by atoms with Crippen molar-refractivity contribution in [2.75, 3.05) is 23.8 Å². The Morgan fingerprint density at radius 3 is 2.67 bits per heavy atom. The predicted molar refractivity (Wildman–Crippen MR) is 87.0 cm³/mol. The first kappa shape index (κ1) is 16.0. The molecule has 1 aromatic heterocycles. The van der Waals surface area contributed by atoms with E-state index >= 15 is 0 Å². The molecule has 2 heterocycles. The van der Waals surface area contributed by atoms with Crippen LogP contribution in [-0.4, -0.2) is 35.3 Å². The maximum absolute atomic E-state index is 5.76. The normalized spacial score (nSPS) is 19.8. The van der Waals surface area contributed by atoms with Crippen molar-refractivity contribution in [1.29, 1.82) is 0 Å². The molecule has 118 valence electrons. The molecule has 5 heteroatoms. The van der Waals surface area contributed by atoms with Crippen LogP contribution in [0, 0.1) is 0 Å². The Bertz CT molecular complexity index is 444. The number of aromatic nitrogens is 2. The molecule has 0 saturated carbocycles. The summed E-state index contributed by atoms with van der Waals surface area (Å²) >= 11 is 0. The van der Waals surface area contributed by atoms with E-state index in [1.807, 2.05) is 0 Å². The zero-order chi connectivity index (χ0) is 15.2. The molecule has 21 heavy (non-hydrogen) atoms. The second-order valence-corrected chi connectivity index (χ2v) is 6.05. The van der Waals surface area contributed by atoms with Gasteiger partial charge in [-0.05, 0) is 32.1 Å². The molecule has 2 rings (SSSR count). The number of nitrogens with one attached hydrogen (secondary N) is 2. The van der Waals surface area contributed by atoms with E-state index in [9.17, 15) is 0 Å². The highest BCUT2D eigenvalue weighted by atomic mass is 16.5. The van der Waals surface area contributed by atoms with Gasteiger partial charge in [0.2, 0.25) is 0 Å². The first-order valence-electron chi connectivity index (χ1n) is 8.10. The summed E-state index contributed by atoms with van der Waals surface area (Å²) in [7, 11) is 0. The second kappa shape index (κ2) is 7.59. The van der Waals surface area contributed by atoms with Crippen molar-refractivity contribution >= 4 is 11.6 Å². The molecule has 2 N–H and O–H groups in total. The Balaban J connectivity index is 2.16. The van der Waals surface area contributed by atoms with E-state index in [1.165, 1.54) is 0 Å². The molecule has 1 aliphatic heterocycles. The quantitative estimate of drug-likeness (QED) is 0.806. The lowest BCUT2D eigenvalue weighted by atomic mass is 10.0. The standard InChI is InChI=1S/C16H28N4O/c1-5-8-17-15-14(11(2)3)16(19-10-18-15)20-12(4)13-7-6-9-21-13/h10-13H,5-9H2,1-4H3,(H2,17,18,19,20). The molecule has 0 bridgehead atoms. The SMILES string of the molecule is CCCNc1ncnc(NC(C)C2CCCO2)c1C(C)C. The fourth-order valence-electron chi connectivity index (χ4n) is 2.75. The van der Waals surface area contributed by atoms with Gasteiger partial charge in [-0.3, -0.25) is 0 Å². The molecule has 0 radical (unpaired) electrons. The summed E-state index contributed by atoms with van der Waals surface area (Å²) < 4.78 is 5.76. The van der Waals surface area contributed by atoms with Gasteiger partial charge in [-0.25, -0.2) is 9.97 Å². The third-order valence-corrected chi connectivity index (χ3v) is 3.89. The van der Waals surface area contributed by atoms with Gasteiger partial charge in [-0.15, -0.1) is 0 Å². The lowest BCUT2D eigenvalue weighted by Gasteiger charge is -2.24. The Labute approximate surface area is 127 Å². The molecule has 5 nitrogen and oxygen atoms in total. The summed E-state index contributed by atoms with van der Waals surface area (Å²) in [6.45, 7) is 10.5. The molecule has 0 aromatic carbocycles. The van der Waals surface area contributed by atoms with Crippen molar-refractivity contribution in [3.05, 3.63) is 11.9 Å². The third-order valence-electron chi connectivity index (χ3n) is 3.89. The molecule has 2 atom stereocenters. The number of ether oxygens (including phenoxy) is 1. The summed E-state index contributed by atoms with van der Waals surface area (Å²) in [6.07, 6.45) is 5.27. The van der Waals surface area contributed by atoms with Gasteiger partial charge in [0.1, 0.15) is 18.0 Å². The summed E-state index contributed by atoms with van der Waals surface area (Å²) in [4.78, 5) is 8.87. The summed E-state index contributed by atoms with van der Waals surface area (Å²) in [5.41, 5.74) is 1.16. The van der Waals surface area contributed by atoms with Crippen LogP contribution < -0.4 is 10.6 Å². The van der Waals surface area contributed by atoms with Gasteiger partial charge in [-0.2, -0.15) is 0 Å². The van der Waals surface area contributed by atoms with Crippen molar-refractivity contribution in [3.63, 3.8) is 0 Å². The third kappa shape index (κ3) is 4.06. The lowest BCUT2D eigenvalue weighted by Crippen LogP contribution is -2.31. The fourth-order valence-corrected chi connectivity index (χ4v) is 2.75. The average molecular weight is 292 g/mol. The molecule has 1 fully saturated rings. The van der Waals surface area contributed by atoms with Crippen LogP contribution in [0.25, 0.3) is 0 Å². The zero-order valence-electron chi connectivity index (χ0n) is 13.6.